The molecule has 0 bridgehead atoms. The number of anilines is 1. The Morgan fingerprint density at radius 2 is 1.76 bits per heavy atom. The molecule has 1 atom stereocenters. The Morgan fingerprint density at radius 1 is 1.03 bits per heavy atom. The van der Waals surface area contributed by atoms with E-state index >= 15 is 0 Å². The zero-order valence-corrected chi connectivity index (χ0v) is 17.4. The van der Waals surface area contributed by atoms with E-state index in [1.165, 1.54) is 15.3 Å². The van der Waals surface area contributed by atoms with Crippen LogP contribution < -0.4 is 5.73 Å². The average molecular weight is 469 g/mol. The van der Waals surface area contributed by atoms with Gasteiger partial charge in [0.2, 0.25) is 5.82 Å². The molecule has 0 aliphatic carbocycles. The molecule has 5 aromatic rings. The van der Waals surface area contributed by atoms with E-state index in [2.05, 4.69) is 30.4 Å². The van der Waals surface area contributed by atoms with Gasteiger partial charge in [-0.05, 0) is 24.3 Å². The molecule has 0 saturated carbocycles. The molecule has 0 aliphatic rings. The molecule has 0 fully saturated rings. The highest BCUT2D eigenvalue weighted by atomic mass is 19.4. The van der Waals surface area contributed by atoms with Crippen molar-refractivity contribution < 1.29 is 17.6 Å². The van der Waals surface area contributed by atoms with Crippen LogP contribution in [0.1, 0.15) is 30.1 Å². The van der Waals surface area contributed by atoms with E-state index in [0.717, 1.165) is 12.4 Å². The van der Waals surface area contributed by atoms with Crippen molar-refractivity contribution in [3.63, 3.8) is 0 Å². The van der Waals surface area contributed by atoms with Crippen molar-refractivity contribution >= 4 is 11.3 Å². The first kappa shape index (κ1) is 21.4. The first-order valence-electron chi connectivity index (χ1n) is 9.94. The summed E-state index contributed by atoms with van der Waals surface area (Å²) in [6.07, 6.45) is -1.07. The number of fused-ring (bicyclic) bond motifs is 1. The minimum atomic E-state index is -4.66. The smallest absolute Gasteiger partial charge is 0.382 e. The second-order valence-electron chi connectivity index (χ2n) is 7.43. The van der Waals surface area contributed by atoms with Gasteiger partial charge in [0.05, 0.1) is 23.1 Å². The maximum absolute atomic E-state index is 14.1. The number of halogens is 4. The maximum Gasteiger partial charge on any atom is 0.451 e. The predicted molar refractivity (Wildman–Crippen MR) is 112 cm³/mol. The number of benzene rings is 1. The number of aromatic nitrogens is 8. The summed E-state index contributed by atoms with van der Waals surface area (Å²) in [5, 5.41) is 12.6. The van der Waals surface area contributed by atoms with E-state index in [1.807, 2.05) is 6.92 Å². The summed E-state index contributed by atoms with van der Waals surface area (Å²) in [4.78, 5) is 10.9. The number of nitrogen functional groups attached to an aromatic ring is 1. The van der Waals surface area contributed by atoms with E-state index in [4.69, 9.17) is 5.73 Å². The summed E-state index contributed by atoms with van der Waals surface area (Å²) in [5.41, 5.74) is 8.20. The first-order valence-corrected chi connectivity index (χ1v) is 9.94. The molecule has 13 heteroatoms. The van der Waals surface area contributed by atoms with Crippen LogP contribution in [0.3, 0.4) is 0 Å². The van der Waals surface area contributed by atoms with Gasteiger partial charge in [-0.2, -0.15) is 13.2 Å². The number of para-hydroxylation sites is 1. The Hall–Kier alpha value is -4.42. The molecule has 1 unspecified atom stereocenters. The third-order valence-electron chi connectivity index (χ3n) is 5.23. The van der Waals surface area contributed by atoms with E-state index in [-0.39, 0.29) is 28.8 Å². The molecule has 0 amide bonds. The topological polar surface area (TPSA) is 113 Å². The van der Waals surface area contributed by atoms with Crippen LogP contribution in [0.4, 0.5) is 23.4 Å². The van der Waals surface area contributed by atoms with Crippen LogP contribution >= 0.6 is 0 Å². The molecule has 1 aromatic carbocycles. The number of alkyl halides is 3. The molecular weight excluding hydrogens is 454 g/mol. The number of rotatable bonds is 4. The molecule has 0 saturated heterocycles. The highest BCUT2D eigenvalue weighted by molar-refractivity contribution is 5.69. The first-order chi connectivity index (χ1) is 16.2. The molecule has 2 N–H and O–H groups in total. The molecule has 34 heavy (non-hydrogen) atoms. The van der Waals surface area contributed by atoms with Gasteiger partial charge in [0.1, 0.15) is 17.0 Å². The monoisotopic (exact) mass is 469 g/mol. The van der Waals surface area contributed by atoms with Crippen molar-refractivity contribution in [2.45, 2.75) is 19.0 Å². The number of hydrogen-bond acceptors (Lipinski definition) is 7. The number of nitrogens with two attached hydrogens (primary N) is 1. The van der Waals surface area contributed by atoms with Crippen molar-refractivity contribution in [3.05, 3.63) is 78.0 Å². The van der Waals surface area contributed by atoms with Crippen LogP contribution in [0.15, 0.2) is 55.0 Å². The number of nitrogens with zero attached hydrogens (tertiary/aromatic N) is 8. The van der Waals surface area contributed by atoms with Gasteiger partial charge < -0.3 is 5.73 Å². The zero-order chi connectivity index (χ0) is 24.0. The SMILES string of the molecule is CC(c1cn(-c2ccccc2F)nn1)c1ccc2c(N)nc(-c3cnc(C(F)(F)F)nc3)nn12. The summed E-state index contributed by atoms with van der Waals surface area (Å²) in [6, 6.07) is 9.67. The van der Waals surface area contributed by atoms with E-state index in [9.17, 15) is 17.6 Å². The molecule has 0 aliphatic heterocycles. The average Bonchev–Trinajstić information content (AvgIpc) is 3.46. The van der Waals surface area contributed by atoms with Crippen LogP contribution in [0.25, 0.3) is 22.6 Å². The molecule has 9 nitrogen and oxygen atoms in total. The fourth-order valence-corrected chi connectivity index (χ4v) is 3.46. The molecule has 4 heterocycles. The third kappa shape index (κ3) is 3.70. The minimum Gasteiger partial charge on any atom is -0.382 e. The van der Waals surface area contributed by atoms with Crippen LogP contribution in [0.5, 0.6) is 0 Å². The van der Waals surface area contributed by atoms with Gasteiger partial charge in [0.15, 0.2) is 11.6 Å². The van der Waals surface area contributed by atoms with Crippen molar-refractivity contribution in [2.24, 2.45) is 0 Å². The summed E-state index contributed by atoms with van der Waals surface area (Å²) >= 11 is 0. The molecule has 5 rings (SSSR count). The fraction of sp³-hybridized carbons (Fsp3) is 0.143. The van der Waals surface area contributed by atoms with Gasteiger partial charge in [-0.15, -0.1) is 10.2 Å². The molecule has 0 spiro atoms. The Balaban J connectivity index is 1.53. The lowest BCUT2D eigenvalue weighted by molar-refractivity contribution is -0.144. The predicted octanol–water partition coefficient (Wildman–Crippen LogP) is 3.66. The second-order valence-corrected chi connectivity index (χ2v) is 7.43. The standard InChI is InChI=1S/C21H15F4N9/c1-11(14-10-33(32-30-14)16-5-3-2-4-13(16)22)15-6-7-17-18(26)29-19(31-34(15)17)12-8-27-20(28-9-12)21(23,24)25/h2-11H,1H3,(H2,26,29,31). The Bertz CT molecular complexity index is 1490. The zero-order valence-electron chi connectivity index (χ0n) is 17.4. The summed E-state index contributed by atoms with van der Waals surface area (Å²) in [7, 11) is 0. The normalized spacial score (nSPS) is 12.9. The highest BCUT2D eigenvalue weighted by Crippen LogP contribution is 2.29. The van der Waals surface area contributed by atoms with E-state index < -0.39 is 17.8 Å². The molecule has 4 aromatic heterocycles. The van der Waals surface area contributed by atoms with E-state index in [1.54, 1.807) is 36.5 Å². The van der Waals surface area contributed by atoms with Gasteiger partial charge in [-0.3, -0.25) is 0 Å². The second kappa shape index (κ2) is 7.86. The van der Waals surface area contributed by atoms with Gasteiger partial charge in [0.25, 0.3) is 0 Å². The fourth-order valence-electron chi connectivity index (χ4n) is 3.46. The lowest BCUT2D eigenvalue weighted by Crippen LogP contribution is -2.11. The minimum absolute atomic E-state index is 0.0541. The lowest BCUT2D eigenvalue weighted by atomic mass is 10.1. The van der Waals surface area contributed by atoms with Gasteiger partial charge in [-0.25, -0.2) is 28.5 Å². The lowest BCUT2D eigenvalue weighted by Gasteiger charge is -2.11. The summed E-state index contributed by atoms with van der Waals surface area (Å²) in [6.45, 7) is 1.86. The maximum atomic E-state index is 14.1. The Morgan fingerprint density at radius 3 is 2.47 bits per heavy atom. The summed E-state index contributed by atoms with van der Waals surface area (Å²) < 4.78 is 55.3. The van der Waals surface area contributed by atoms with Crippen molar-refractivity contribution in [1.29, 1.82) is 0 Å². The highest BCUT2D eigenvalue weighted by Gasteiger charge is 2.34. The third-order valence-corrected chi connectivity index (χ3v) is 5.23. The number of hydrogen-bond donors (Lipinski definition) is 1. The van der Waals surface area contributed by atoms with Gasteiger partial charge in [0, 0.05) is 18.3 Å². The molecule has 172 valence electrons. The van der Waals surface area contributed by atoms with Gasteiger partial charge >= 0.3 is 6.18 Å². The van der Waals surface area contributed by atoms with Crippen LogP contribution in [0, 0.1) is 5.82 Å². The van der Waals surface area contributed by atoms with Crippen molar-refractivity contribution in [2.75, 3.05) is 5.73 Å². The van der Waals surface area contributed by atoms with Crippen molar-refractivity contribution in [1.82, 2.24) is 39.6 Å². The summed E-state index contributed by atoms with van der Waals surface area (Å²) in [5.74, 6) is -1.87. The van der Waals surface area contributed by atoms with Crippen LogP contribution in [-0.2, 0) is 6.18 Å². The van der Waals surface area contributed by atoms with E-state index in [0.29, 0.717) is 16.9 Å². The Labute approximate surface area is 188 Å². The largest absolute Gasteiger partial charge is 0.451 e. The molecule has 0 radical (unpaired) electrons. The van der Waals surface area contributed by atoms with Crippen molar-refractivity contribution in [3.8, 4) is 17.1 Å². The quantitative estimate of drug-likeness (QED) is 0.400. The molecular formula is C21H15F4N9. The van der Waals surface area contributed by atoms with Gasteiger partial charge in [-0.1, -0.05) is 24.3 Å². The van der Waals surface area contributed by atoms with Crippen LogP contribution in [-0.4, -0.2) is 39.6 Å². The Kier molecular flexibility index (Phi) is 4.96. The van der Waals surface area contributed by atoms with Crippen LogP contribution in [0.2, 0.25) is 0 Å².